The first-order valence-corrected chi connectivity index (χ1v) is 7.73. The maximum Gasteiger partial charge on any atom is 0.324 e. The first-order valence-electron chi connectivity index (χ1n) is 5.37. The lowest BCUT2D eigenvalue weighted by Gasteiger charge is -2.06. The molecule has 9 heteroatoms. The second-order valence-electron chi connectivity index (χ2n) is 3.75. The minimum Gasteiger partial charge on any atom is -0.258 e. The zero-order valence-corrected chi connectivity index (χ0v) is 11.6. The van der Waals surface area contributed by atoms with Gasteiger partial charge in [0, 0.05) is 11.4 Å². The molecule has 0 atom stereocenters. The van der Waals surface area contributed by atoms with Crippen LogP contribution in [0.5, 0.6) is 0 Å². The fourth-order valence-electron chi connectivity index (χ4n) is 1.55. The Morgan fingerprint density at radius 1 is 1.30 bits per heavy atom. The van der Waals surface area contributed by atoms with Crippen LogP contribution in [-0.2, 0) is 16.6 Å². The van der Waals surface area contributed by atoms with E-state index in [0.29, 0.717) is 0 Å². The fraction of sp³-hybridized carbons (Fsp3) is 0.0909. The molecule has 6 nitrogen and oxygen atoms in total. The summed E-state index contributed by atoms with van der Waals surface area (Å²) in [4.78, 5) is 9.81. The molecular formula is C11H9FN2O4S2. The van der Waals surface area contributed by atoms with Crippen LogP contribution < -0.4 is 4.72 Å². The van der Waals surface area contributed by atoms with Crippen molar-refractivity contribution in [2.75, 3.05) is 0 Å². The van der Waals surface area contributed by atoms with Crippen LogP contribution in [0.25, 0.3) is 0 Å². The molecule has 1 heterocycles. The number of sulfonamides is 1. The van der Waals surface area contributed by atoms with Crippen molar-refractivity contribution in [1.82, 2.24) is 4.72 Å². The molecule has 0 aliphatic heterocycles. The van der Waals surface area contributed by atoms with Crippen LogP contribution >= 0.6 is 11.3 Å². The maximum absolute atomic E-state index is 13.4. The average molecular weight is 316 g/mol. The van der Waals surface area contributed by atoms with E-state index in [-0.39, 0.29) is 6.54 Å². The number of nitrogens with zero attached hydrogens (tertiary/aromatic N) is 1. The Morgan fingerprint density at radius 2 is 2.05 bits per heavy atom. The molecule has 1 aromatic heterocycles. The molecule has 0 fully saturated rings. The summed E-state index contributed by atoms with van der Waals surface area (Å²) in [6.45, 7) is -0.00628. The molecule has 1 N–H and O–H groups in total. The van der Waals surface area contributed by atoms with Crippen LogP contribution in [0.4, 0.5) is 10.1 Å². The van der Waals surface area contributed by atoms with Gasteiger partial charge in [0.1, 0.15) is 0 Å². The van der Waals surface area contributed by atoms with Gasteiger partial charge in [-0.05, 0) is 23.6 Å². The van der Waals surface area contributed by atoms with Crippen LogP contribution in [0, 0.1) is 15.9 Å². The van der Waals surface area contributed by atoms with Gasteiger partial charge < -0.3 is 0 Å². The Balaban J connectivity index is 2.34. The van der Waals surface area contributed by atoms with Crippen molar-refractivity contribution < 1.29 is 17.7 Å². The SMILES string of the molecule is O=[N+]([O-])c1c(F)cccc1S(=O)(=O)NCc1cccs1. The molecule has 0 saturated heterocycles. The summed E-state index contributed by atoms with van der Waals surface area (Å²) in [5.74, 6) is -1.19. The van der Waals surface area contributed by atoms with Gasteiger partial charge in [-0.1, -0.05) is 12.1 Å². The number of para-hydroxylation sites is 1. The Morgan fingerprint density at radius 3 is 2.65 bits per heavy atom. The highest BCUT2D eigenvalue weighted by Crippen LogP contribution is 2.26. The average Bonchev–Trinajstić information content (AvgIpc) is 2.89. The number of halogens is 1. The van der Waals surface area contributed by atoms with Gasteiger partial charge in [0.15, 0.2) is 4.90 Å². The third-order valence-corrected chi connectivity index (χ3v) is 4.75. The number of nitro groups is 1. The highest BCUT2D eigenvalue weighted by molar-refractivity contribution is 7.89. The van der Waals surface area contributed by atoms with Crippen LogP contribution in [-0.4, -0.2) is 13.3 Å². The summed E-state index contributed by atoms with van der Waals surface area (Å²) in [5, 5.41) is 12.6. The van der Waals surface area contributed by atoms with Crippen molar-refractivity contribution in [3.63, 3.8) is 0 Å². The lowest BCUT2D eigenvalue weighted by Crippen LogP contribution is -2.24. The number of hydrogen-bond donors (Lipinski definition) is 1. The molecule has 106 valence electrons. The summed E-state index contributed by atoms with van der Waals surface area (Å²) < 4.78 is 39.7. The van der Waals surface area contributed by atoms with Gasteiger partial charge in [-0.25, -0.2) is 13.1 Å². The molecule has 0 amide bonds. The lowest BCUT2D eigenvalue weighted by molar-refractivity contribution is -0.390. The minimum absolute atomic E-state index is 0.00628. The quantitative estimate of drug-likeness (QED) is 0.677. The van der Waals surface area contributed by atoms with Gasteiger partial charge in [-0.15, -0.1) is 11.3 Å². The molecule has 20 heavy (non-hydrogen) atoms. The van der Waals surface area contributed by atoms with Gasteiger partial charge in [-0.3, -0.25) is 10.1 Å². The summed E-state index contributed by atoms with van der Waals surface area (Å²) in [7, 11) is -4.16. The van der Waals surface area contributed by atoms with Crippen molar-refractivity contribution in [1.29, 1.82) is 0 Å². The Hall–Kier alpha value is -1.84. The largest absolute Gasteiger partial charge is 0.324 e. The molecule has 0 aliphatic carbocycles. The van der Waals surface area contributed by atoms with Crippen molar-refractivity contribution in [2.45, 2.75) is 11.4 Å². The topological polar surface area (TPSA) is 89.3 Å². The maximum atomic E-state index is 13.4. The number of nitro benzene ring substituents is 1. The van der Waals surface area contributed by atoms with Crippen LogP contribution in [0.15, 0.2) is 40.6 Å². The Kier molecular flexibility index (Phi) is 4.12. The predicted molar refractivity (Wildman–Crippen MR) is 71.4 cm³/mol. The summed E-state index contributed by atoms with van der Waals surface area (Å²) in [6, 6.07) is 6.42. The normalized spacial score (nSPS) is 11.4. The van der Waals surface area contributed by atoms with Crippen molar-refractivity contribution >= 4 is 27.0 Å². The first-order chi connectivity index (χ1) is 9.42. The second-order valence-corrected chi connectivity index (χ2v) is 6.52. The lowest BCUT2D eigenvalue weighted by atomic mass is 10.3. The molecule has 0 spiro atoms. The summed E-state index contributed by atoms with van der Waals surface area (Å²) in [6.07, 6.45) is 0. The molecule has 0 radical (unpaired) electrons. The Bertz CT molecular complexity index is 729. The van der Waals surface area contributed by atoms with Gasteiger partial charge in [0.25, 0.3) is 0 Å². The fourth-order valence-corrected chi connectivity index (χ4v) is 3.47. The minimum atomic E-state index is -4.16. The van der Waals surface area contributed by atoms with E-state index in [2.05, 4.69) is 4.72 Å². The highest BCUT2D eigenvalue weighted by Gasteiger charge is 2.29. The van der Waals surface area contributed by atoms with E-state index in [0.717, 1.165) is 23.1 Å². The van der Waals surface area contributed by atoms with E-state index in [1.807, 2.05) is 0 Å². The van der Waals surface area contributed by atoms with Gasteiger partial charge in [0.05, 0.1) is 4.92 Å². The van der Waals surface area contributed by atoms with E-state index in [1.54, 1.807) is 17.5 Å². The van der Waals surface area contributed by atoms with Gasteiger partial charge in [-0.2, -0.15) is 4.39 Å². The van der Waals surface area contributed by atoms with E-state index in [4.69, 9.17) is 0 Å². The van der Waals surface area contributed by atoms with Crippen molar-refractivity contribution in [2.24, 2.45) is 0 Å². The smallest absolute Gasteiger partial charge is 0.258 e. The van der Waals surface area contributed by atoms with Crippen LogP contribution in [0.2, 0.25) is 0 Å². The molecule has 2 aromatic rings. The van der Waals surface area contributed by atoms with E-state index >= 15 is 0 Å². The zero-order chi connectivity index (χ0) is 14.8. The zero-order valence-electron chi connectivity index (χ0n) is 9.95. The van der Waals surface area contributed by atoms with Gasteiger partial charge in [0.2, 0.25) is 15.8 Å². The van der Waals surface area contributed by atoms with Crippen molar-refractivity contribution in [3.8, 4) is 0 Å². The Labute approximate surface area is 118 Å². The molecule has 0 unspecified atom stereocenters. The summed E-state index contributed by atoms with van der Waals surface area (Å²) in [5.41, 5.74) is -1.05. The molecule has 0 saturated carbocycles. The molecule has 0 bridgehead atoms. The first kappa shape index (κ1) is 14.6. The molecule has 1 aromatic carbocycles. The van der Waals surface area contributed by atoms with Crippen LogP contribution in [0.3, 0.4) is 0 Å². The third kappa shape index (κ3) is 3.00. The summed E-state index contributed by atoms with van der Waals surface area (Å²) >= 11 is 1.34. The third-order valence-electron chi connectivity index (χ3n) is 2.44. The molecular weight excluding hydrogens is 307 g/mol. The number of rotatable bonds is 5. The number of benzene rings is 1. The standard InChI is InChI=1S/C11H9FN2O4S2/c12-9-4-1-5-10(11(9)14(15)16)20(17,18)13-7-8-3-2-6-19-8/h1-6,13H,7H2. The van der Waals surface area contributed by atoms with E-state index in [1.165, 1.54) is 11.3 Å². The number of nitrogens with one attached hydrogen (secondary N) is 1. The predicted octanol–water partition coefficient (Wildman–Crippen LogP) is 2.27. The number of thiophene rings is 1. The second kappa shape index (κ2) is 5.65. The van der Waals surface area contributed by atoms with Gasteiger partial charge >= 0.3 is 5.69 Å². The highest BCUT2D eigenvalue weighted by atomic mass is 32.2. The van der Waals surface area contributed by atoms with Crippen molar-refractivity contribution in [3.05, 3.63) is 56.5 Å². The van der Waals surface area contributed by atoms with Crippen LogP contribution in [0.1, 0.15) is 4.88 Å². The monoisotopic (exact) mass is 316 g/mol. The molecule has 0 aliphatic rings. The molecule has 2 rings (SSSR count). The number of hydrogen-bond acceptors (Lipinski definition) is 5. The van der Waals surface area contributed by atoms with E-state index in [9.17, 15) is 22.9 Å². The van der Waals surface area contributed by atoms with E-state index < -0.39 is 31.3 Å².